The van der Waals surface area contributed by atoms with Gasteiger partial charge in [0.15, 0.2) is 0 Å². The number of non-ortho nitro benzene ring substituents is 1. The molecule has 4 rings (SSSR count). The second kappa shape index (κ2) is 9.02. The third-order valence-electron chi connectivity index (χ3n) is 6.33. The van der Waals surface area contributed by atoms with E-state index < -0.39 is 4.92 Å². The van der Waals surface area contributed by atoms with Crippen molar-refractivity contribution in [1.29, 1.82) is 5.26 Å². The maximum absolute atomic E-state index is 12.9. The average Bonchev–Trinajstić information content (AvgIpc) is 2.82. The van der Waals surface area contributed by atoms with E-state index in [0.717, 1.165) is 35.7 Å². The molecule has 0 radical (unpaired) electrons. The topological polar surface area (TPSA) is 103 Å². The smallest absolute Gasteiger partial charge is 0.269 e. The Balaban J connectivity index is 1.55. The van der Waals surface area contributed by atoms with E-state index in [9.17, 15) is 20.2 Å². The van der Waals surface area contributed by atoms with Crippen molar-refractivity contribution in [2.75, 3.05) is 31.1 Å². The molecule has 0 aliphatic carbocycles. The monoisotopic (exact) mass is 465 g/mol. The van der Waals surface area contributed by atoms with Crippen molar-refractivity contribution < 1.29 is 9.72 Å². The normalized spacial score (nSPS) is 17.3. The summed E-state index contributed by atoms with van der Waals surface area (Å²) in [7, 11) is 0. The first-order valence-electron chi connectivity index (χ1n) is 11.1. The zero-order chi connectivity index (χ0) is 23.8. The van der Waals surface area contributed by atoms with Crippen molar-refractivity contribution in [2.45, 2.75) is 44.1 Å². The highest BCUT2D eigenvalue weighted by atomic mass is 32.2. The number of nitrogens with zero attached hydrogens (tertiary/aromatic N) is 5. The van der Waals surface area contributed by atoms with Gasteiger partial charge in [0.25, 0.3) is 11.6 Å². The Labute approximate surface area is 197 Å². The number of amides is 1. The molecule has 3 heterocycles. The number of piperazine rings is 1. The molecule has 0 saturated carbocycles. The molecule has 1 saturated heterocycles. The van der Waals surface area contributed by atoms with Gasteiger partial charge in [-0.3, -0.25) is 14.9 Å². The third kappa shape index (κ3) is 4.53. The van der Waals surface area contributed by atoms with E-state index in [4.69, 9.17) is 4.98 Å². The quantitative estimate of drug-likeness (QED) is 0.497. The average molecular weight is 466 g/mol. The molecule has 1 aromatic carbocycles. The van der Waals surface area contributed by atoms with Crippen molar-refractivity contribution in [3.05, 3.63) is 62.3 Å². The van der Waals surface area contributed by atoms with Crippen LogP contribution in [0.3, 0.4) is 0 Å². The SMILES string of the molecule is CCc1nc(N2CCN(C(=O)c3ccc([N+](=O)[O-])cc3)CC2)c(C#N)c2c1CSC(C)(C)C2. The van der Waals surface area contributed by atoms with Gasteiger partial charge in [0.2, 0.25) is 0 Å². The molecule has 1 fully saturated rings. The number of pyridine rings is 1. The summed E-state index contributed by atoms with van der Waals surface area (Å²) in [6, 6.07) is 8.14. The molecule has 1 amide bonds. The lowest BCUT2D eigenvalue weighted by Crippen LogP contribution is -2.49. The highest BCUT2D eigenvalue weighted by molar-refractivity contribution is 7.99. The molecule has 8 nitrogen and oxygen atoms in total. The fourth-order valence-electron chi connectivity index (χ4n) is 4.49. The number of carbonyl (C=O) groups excluding carboxylic acids is 1. The molecule has 2 aromatic rings. The summed E-state index contributed by atoms with van der Waals surface area (Å²) in [6.07, 6.45) is 1.66. The molecule has 0 N–H and O–H groups in total. The molecule has 0 spiro atoms. The number of aryl methyl sites for hydroxylation is 1. The van der Waals surface area contributed by atoms with Crippen LogP contribution >= 0.6 is 11.8 Å². The number of fused-ring (bicyclic) bond motifs is 1. The van der Waals surface area contributed by atoms with Crippen LogP contribution in [-0.2, 0) is 18.6 Å². The van der Waals surface area contributed by atoms with Crippen molar-refractivity contribution in [1.82, 2.24) is 9.88 Å². The Morgan fingerprint density at radius 1 is 1.21 bits per heavy atom. The number of rotatable bonds is 4. The predicted octanol–water partition coefficient (Wildman–Crippen LogP) is 3.95. The fourth-order valence-corrected chi connectivity index (χ4v) is 5.61. The molecule has 2 aliphatic heterocycles. The third-order valence-corrected chi connectivity index (χ3v) is 7.69. The van der Waals surface area contributed by atoms with Crippen LogP contribution in [0.4, 0.5) is 11.5 Å². The maximum Gasteiger partial charge on any atom is 0.269 e. The number of nitriles is 1. The second-order valence-electron chi connectivity index (χ2n) is 8.99. The molecule has 1 aromatic heterocycles. The first-order chi connectivity index (χ1) is 15.7. The lowest BCUT2D eigenvalue weighted by molar-refractivity contribution is -0.384. The van der Waals surface area contributed by atoms with Gasteiger partial charge in [-0.2, -0.15) is 17.0 Å². The Morgan fingerprint density at radius 3 is 2.45 bits per heavy atom. The van der Waals surface area contributed by atoms with E-state index in [1.165, 1.54) is 29.8 Å². The first kappa shape index (κ1) is 23.1. The lowest BCUT2D eigenvalue weighted by atomic mass is 9.91. The summed E-state index contributed by atoms with van der Waals surface area (Å²) >= 11 is 1.91. The summed E-state index contributed by atoms with van der Waals surface area (Å²) in [4.78, 5) is 32.0. The number of benzene rings is 1. The number of carbonyl (C=O) groups is 1. The van der Waals surface area contributed by atoms with E-state index in [1.54, 1.807) is 4.90 Å². The summed E-state index contributed by atoms with van der Waals surface area (Å²) in [5.74, 6) is 1.47. The number of thioether (sulfide) groups is 1. The van der Waals surface area contributed by atoms with Crippen LogP contribution in [-0.4, -0.2) is 51.6 Å². The molecule has 0 unspecified atom stereocenters. The minimum atomic E-state index is -0.476. The zero-order valence-corrected chi connectivity index (χ0v) is 19.9. The predicted molar refractivity (Wildman–Crippen MR) is 129 cm³/mol. The van der Waals surface area contributed by atoms with Crippen molar-refractivity contribution >= 4 is 29.2 Å². The lowest BCUT2D eigenvalue weighted by Gasteiger charge is -2.38. The number of aromatic nitrogens is 1. The van der Waals surface area contributed by atoms with Gasteiger partial charge in [-0.1, -0.05) is 20.8 Å². The van der Waals surface area contributed by atoms with E-state index in [0.29, 0.717) is 37.3 Å². The fraction of sp³-hybridized carbons (Fsp3) is 0.458. The van der Waals surface area contributed by atoms with Crippen LogP contribution in [0.15, 0.2) is 24.3 Å². The largest absolute Gasteiger partial charge is 0.352 e. The summed E-state index contributed by atoms with van der Waals surface area (Å²) < 4.78 is 0.0815. The molecule has 2 aliphatic rings. The van der Waals surface area contributed by atoms with Crippen LogP contribution < -0.4 is 4.90 Å². The first-order valence-corrected chi connectivity index (χ1v) is 12.1. The van der Waals surface area contributed by atoms with Crippen LogP contribution in [0.25, 0.3) is 0 Å². The molecule has 33 heavy (non-hydrogen) atoms. The standard InChI is InChI=1S/C24H27N5O3S/c1-4-21-20-15-33-24(2,3)13-18(20)19(14-25)22(26-21)27-9-11-28(12-10-27)23(30)16-5-7-17(8-6-16)29(31)32/h5-8H,4,9-13,15H2,1-3H3. The summed E-state index contributed by atoms with van der Waals surface area (Å²) in [5.41, 5.74) is 4.48. The number of nitro benzene ring substituents is 1. The Hall–Kier alpha value is -3.12. The van der Waals surface area contributed by atoms with Crippen molar-refractivity contribution in [3.8, 4) is 6.07 Å². The van der Waals surface area contributed by atoms with Gasteiger partial charge < -0.3 is 9.80 Å². The van der Waals surface area contributed by atoms with E-state index in [-0.39, 0.29) is 16.3 Å². The second-order valence-corrected chi connectivity index (χ2v) is 10.7. The van der Waals surface area contributed by atoms with Crippen LogP contribution in [0.5, 0.6) is 0 Å². The summed E-state index contributed by atoms with van der Waals surface area (Å²) in [5, 5.41) is 20.9. The number of nitro groups is 1. The molecule has 172 valence electrons. The van der Waals surface area contributed by atoms with Gasteiger partial charge in [0.1, 0.15) is 11.9 Å². The molecular formula is C24H27N5O3S. The number of hydrogen-bond acceptors (Lipinski definition) is 7. The van der Waals surface area contributed by atoms with Gasteiger partial charge in [-0.15, -0.1) is 0 Å². The number of hydrogen-bond donors (Lipinski definition) is 0. The molecule has 0 atom stereocenters. The van der Waals surface area contributed by atoms with E-state index in [1.807, 2.05) is 11.8 Å². The maximum atomic E-state index is 12.9. The minimum Gasteiger partial charge on any atom is -0.352 e. The molecular weight excluding hydrogens is 438 g/mol. The molecule has 0 bridgehead atoms. The van der Waals surface area contributed by atoms with Crippen LogP contribution in [0.2, 0.25) is 0 Å². The van der Waals surface area contributed by atoms with Gasteiger partial charge in [0.05, 0.1) is 10.5 Å². The molecule has 9 heteroatoms. The van der Waals surface area contributed by atoms with Crippen molar-refractivity contribution in [3.63, 3.8) is 0 Å². The number of anilines is 1. The summed E-state index contributed by atoms with van der Waals surface area (Å²) in [6.45, 7) is 8.71. The van der Waals surface area contributed by atoms with Crippen LogP contribution in [0.1, 0.15) is 53.5 Å². The highest BCUT2D eigenvalue weighted by Crippen LogP contribution is 2.42. The highest BCUT2D eigenvalue weighted by Gasteiger charge is 2.33. The van der Waals surface area contributed by atoms with E-state index in [2.05, 4.69) is 31.7 Å². The Morgan fingerprint density at radius 2 is 1.88 bits per heavy atom. The zero-order valence-electron chi connectivity index (χ0n) is 19.1. The van der Waals surface area contributed by atoms with Gasteiger partial charge in [-0.25, -0.2) is 4.98 Å². The van der Waals surface area contributed by atoms with Crippen molar-refractivity contribution in [2.24, 2.45) is 0 Å². The van der Waals surface area contributed by atoms with E-state index >= 15 is 0 Å². The Kier molecular flexibility index (Phi) is 6.30. The van der Waals surface area contributed by atoms with Gasteiger partial charge in [0, 0.05) is 60.1 Å². The Bertz CT molecular complexity index is 1130. The van der Waals surface area contributed by atoms with Crippen LogP contribution in [0, 0.1) is 21.4 Å². The minimum absolute atomic E-state index is 0.0350. The van der Waals surface area contributed by atoms with Gasteiger partial charge >= 0.3 is 0 Å². The van der Waals surface area contributed by atoms with Gasteiger partial charge in [-0.05, 0) is 36.1 Å².